The van der Waals surface area contributed by atoms with Crippen molar-refractivity contribution in [2.24, 2.45) is 0 Å². The van der Waals surface area contributed by atoms with Gasteiger partial charge in [0.1, 0.15) is 5.82 Å². The lowest BCUT2D eigenvalue weighted by Gasteiger charge is -2.32. The van der Waals surface area contributed by atoms with E-state index in [0.29, 0.717) is 32.6 Å². The minimum atomic E-state index is -0.660. The Hall–Kier alpha value is -0.650. The minimum Gasteiger partial charge on any atom is -0.388 e. The van der Waals surface area contributed by atoms with E-state index in [1.54, 1.807) is 6.20 Å². The molecule has 0 atom stereocenters. The summed E-state index contributed by atoms with van der Waals surface area (Å²) in [4.78, 5) is 4.19. The van der Waals surface area contributed by atoms with Crippen LogP contribution in [0, 0.1) is 0 Å². The Morgan fingerprint density at radius 3 is 2.81 bits per heavy atom. The van der Waals surface area contributed by atoms with Gasteiger partial charge in [-0.3, -0.25) is 0 Å². The van der Waals surface area contributed by atoms with Gasteiger partial charge in [-0.25, -0.2) is 4.98 Å². The summed E-state index contributed by atoms with van der Waals surface area (Å²) < 4.78 is 6.17. The van der Waals surface area contributed by atoms with Crippen molar-refractivity contribution in [1.82, 2.24) is 4.98 Å². The fourth-order valence-corrected chi connectivity index (χ4v) is 1.90. The van der Waals surface area contributed by atoms with Gasteiger partial charge in [-0.05, 0) is 28.1 Å². The van der Waals surface area contributed by atoms with Crippen LogP contribution in [0.3, 0.4) is 0 Å². The molecule has 88 valence electrons. The number of aromatic nitrogens is 1. The summed E-state index contributed by atoms with van der Waals surface area (Å²) in [5, 5.41) is 13.4. The Kier molecular flexibility index (Phi) is 3.78. The number of hydrogen-bond donors (Lipinski definition) is 2. The van der Waals surface area contributed by atoms with Crippen LogP contribution >= 0.6 is 15.9 Å². The van der Waals surface area contributed by atoms with Crippen molar-refractivity contribution in [2.45, 2.75) is 18.4 Å². The molecule has 1 aromatic heterocycles. The van der Waals surface area contributed by atoms with Crippen LogP contribution in [0.2, 0.25) is 0 Å². The van der Waals surface area contributed by atoms with Crippen LogP contribution in [0.15, 0.2) is 22.8 Å². The van der Waals surface area contributed by atoms with Crippen molar-refractivity contribution in [2.75, 3.05) is 25.1 Å². The van der Waals surface area contributed by atoms with E-state index in [1.807, 2.05) is 12.1 Å². The third kappa shape index (κ3) is 3.17. The predicted octanol–water partition coefficient (Wildman–Crippen LogP) is 1.80. The van der Waals surface area contributed by atoms with Gasteiger partial charge in [-0.1, -0.05) is 0 Å². The predicted molar refractivity (Wildman–Crippen MR) is 65.4 cm³/mol. The molecule has 2 N–H and O–H groups in total. The highest BCUT2D eigenvalue weighted by atomic mass is 79.9. The van der Waals surface area contributed by atoms with E-state index < -0.39 is 5.60 Å². The molecular weight excluding hydrogens is 272 g/mol. The van der Waals surface area contributed by atoms with Gasteiger partial charge in [0.05, 0.1) is 5.60 Å². The minimum absolute atomic E-state index is 0.519. The summed E-state index contributed by atoms with van der Waals surface area (Å²) in [6.45, 7) is 1.78. The van der Waals surface area contributed by atoms with Crippen LogP contribution in [0.5, 0.6) is 0 Å². The second kappa shape index (κ2) is 5.12. The van der Waals surface area contributed by atoms with E-state index in [1.165, 1.54) is 0 Å². The third-order valence-electron chi connectivity index (χ3n) is 2.75. The van der Waals surface area contributed by atoms with E-state index in [0.717, 1.165) is 10.3 Å². The van der Waals surface area contributed by atoms with Crippen LogP contribution in [0.25, 0.3) is 0 Å². The molecule has 0 aliphatic carbocycles. The van der Waals surface area contributed by atoms with Gasteiger partial charge >= 0.3 is 0 Å². The van der Waals surface area contributed by atoms with Crippen LogP contribution in [-0.2, 0) is 4.74 Å². The van der Waals surface area contributed by atoms with E-state index >= 15 is 0 Å². The molecule has 4 nitrogen and oxygen atoms in total. The maximum absolute atomic E-state index is 10.2. The molecule has 1 saturated heterocycles. The SMILES string of the molecule is OC1(CNc2ccc(Br)cn2)CCOCC1. The molecular formula is C11H15BrN2O2. The summed E-state index contributed by atoms with van der Waals surface area (Å²) in [5.41, 5.74) is -0.660. The maximum Gasteiger partial charge on any atom is 0.126 e. The van der Waals surface area contributed by atoms with E-state index in [-0.39, 0.29) is 0 Å². The smallest absolute Gasteiger partial charge is 0.126 e. The van der Waals surface area contributed by atoms with Gasteiger partial charge in [0.25, 0.3) is 0 Å². The molecule has 5 heteroatoms. The van der Waals surface area contributed by atoms with E-state index in [4.69, 9.17) is 4.74 Å². The van der Waals surface area contributed by atoms with Gasteiger partial charge in [0.2, 0.25) is 0 Å². The molecule has 1 aliphatic rings. The van der Waals surface area contributed by atoms with E-state index in [2.05, 4.69) is 26.2 Å². The third-order valence-corrected chi connectivity index (χ3v) is 3.22. The molecule has 2 rings (SSSR count). The molecule has 0 bridgehead atoms. The van der Waals surface area contributed by atoms with Gasteiger partial charge in [0.15, 0.2) is 0 Å². The van der Waals surface area contributed by atoms with Crippen molar-refractivity contribution in [1.29, 1.82) is 0 Å². The lowest BCUT2D eigenvalue weighted by Crippen LogP contribution is -2.42. The number of ether oxygens (including phenoxy) is 1. The van der Waals surface area contributed by atoms with Crippen molar-refractivity contribution in [3.63, 3.8) is 0 Å². The monoisotopic (exact) mass is 286 g/mol. The highest BCUT2D eigenvalue weighted by Crippen LogP contribution is 2.21. The molecule has 0 radical (unpaired) electrons. The van der Waals surface area contributed by atoms with Gasteiger partial charge in [0, 0.05) is 43.3 Å². The topological polar surface area (TPSA) is 54.4 Å². The summed E-state index contributed by atoms with van der Waals surface area (Å²) in [7, 11) is 0. The van der Waals surface area contributed by atoms with Crippen LogP contribution in [0.4, 0.5) is 5.82 Å². The zero-order chi connectivity index (χ0) is 11.4. The van der Waals surface area contributed by atoms with Crippen molar-refractivity contribution >= 4 is 21.7 Å². The number of anilines is 1. The normalized spacial score (nSPS) is 19.4. The molecule has 0 spiro atoms. The second-order valence-electron chi connectivity index (χ2n) is 4.05. The standard InChI is InChI=1S/C11H15BrN2O2/c12-9-1-2-10(13-7-9)14-8-11(15)3-5-16-6-4-11/h1-2,7,15H,3-6,8H2,(H,13,14). The van der Waals surface area contributed by atoms with Crippen molar-refractivity contribution in [3.05, 3.63) is 22.8 Å². The Balaban J connectivity index is 1.88. The van der Waals surface area contributed by atoms with Gasteiger partial charge in [-0.15, -0.1) is 0 Å². The zero-order valence-electron chi connectivity index (χ0n) is 8.95. The number of pyridine rings is 1. The van der Waals surface area contributed by atoms with Crippen molar-refractivity contribution in [3.8, 4) is 0 Å². The number of halogens is 1. The van der Waals surface area contributed by atoms with E-state index in [9.17, 15) is 5.11 Å². The van der Waals surface area contributed by atoms with Crippen molar-refractivity contribution < 1.29 is 9.84 Å². The number of hydrogen-bond acceptors (Lipinski definition) is 4. The molecule has 1 fully saturated rings. The number of aliphatic hydroxyl groups is 1. The van der Waals surface area contributed by atoms with Gasteiger partial charge < -0.3 is 15.2 Å². The second-order valence-corrected chi connectivity index (χ2v) is 4.97. The molecule has 0 amide bonds. The highest BCUT2D eigenvalue weighted by Gasteiger charge is 2.29. The zero-order valence-corrected chi connectivity index (χ0v) is 10.5. The number of nitrogens with one attached hydrogen (secondary N) is 1. The Bertz CT molecular complexity index is 336. The van der Waals surface area contributed by atoms with Gasteiger partial charge in [-0.2, -0.15) is 0 Å². The molecule has 0 aromatic carbocycles. The number of nitrogens with zero attached hydrogens (tertiary/aromatic N) is 1. The lowest BCUT2D eigenvalue weighted by atomic mass is 9.94. The first-order chi connectivity index (χ1) is 7.68. The fourth-order valence-electron chi connectivity index (χ4n) is 1.66. The first-order valence-corrected chi connectivity index (χ1v) is 6.13. The molecule has 0 unspecified atom stereocenters. The first kappa shape index (κ1) is 11.8. The summed E-state index contributed by atoms with van der Waals surface area (Å²) in [6, 6.07) is 3.80. The van der Waals surface area contributed by atoms with Crippen LogP contribution in [0.1, 0.15) is 12.8 Å². The molecule has 1 aliphatic heterocycles. The first-order valence-electron chi connectivity index (χ1n) is 5.34. The number of rotatable bonds is 3. The maximum atomic E-state index is 10.2. The Labute approximate surface area is 103 Å². The summed E-state index contributed by atoms with van der Waals surface area (Å²) >= 11 is 3.33. The summed E-state index contributed by atoms with van der Waals surface area (Å²) in [6.07, 6.45) is 3.09. The van der Waals surface area contributed by atoms with Crippen LogP contribution < -0.4 is 5.32 Å². The quantitative estimate of drug-likeness (QED) is 0.890. The van der Waals surface area contributed by atoms with Crippen LogP contribution in [-0.4, -0.2) is 35.5 Å². The average Bonchev–Trinajstić information content (AvgIpc) is 2.29. The fraction of sp³-hybridized carbons (Fsp3) is 0.545. The Morgan fingerprint density at radius 1 is 1.44 bits per heavy atom. The molecule has 2 heterocycles. The lowest BCUT2D eigenvalue weighted by molar-refractivity contribution is -0.0543. The summed E-state index contributed by atoms with van der Waals surface area (Å²) in [5.74, 6) is 0.781. The molecule has 16 heavy (non-hydrogen) atoms. The average molecular weight is 287 g/mol. The Morgan fingerprint density at radius 2 is 2.19 bits per heavy atom. The molecule has 0 saturated carbocycles. The highest BCUT2D eigenvalue weighted by molar-refractivity contribution is 9.10. The largest absolute Gasteiger partial charge is 0.388 e. The molecule has 1 aromatic rings.